The Hall–Kier alpha value is -5.70. The lowest BCUT2D eigenvalue weighted by atomic mass is 10.0. The van der Waals surface area contributed by atoms with Crippen LogP contribution in [0.5, 0.6) is 0 Å². The van der Waals surface area contributed by atoms with E-state index in [1.165, 1.54) is 11.2 Å². The van der Waals surface area contributed by atoms with Gasteiger partial charge in [0, 0.05) is 38.4 Å². The predicted octanol–water partition coefficient (Wildman–Crippen LogP) is 6.21. The maximum Gasteiger partial charge on any atom is 0.408 e. The van der Waals surface area contributed by atoms with Crippen molar-refractivity contribution in [2.75, 3.05) is 20.1 Å². The number of alkyl carbamates (subject to hydrolysis) is 1. The lowest BCUT2D eigenvalue weighted by Crippen LogP contribution is -2.52. The number of rotatable bonds is 14. The number of amides is 3. The summed E-state index contributed by atoms with van der Waals surface area (Å²) in [6, 6.07) is 36.3. The van der Waals surface area contributed by atoms with E-state index in [1.807, 2.05) is 115 Å². The molecule has 3 amide bonds. The van der Waals surface area contributed by atoms with Gasteiger partial charge in [-0.3, -0.25) is 9.59 Å². The van der Waals surface area contributed by atoms with Crippen LogP contribution < -0.4 is 5.32 Å². The van der Waals surface area contributed by atoms with Crippen LogP contribution in [0.15, 0.2) is 128 Å². The molecule has 1 heterocycles. The zero-order chi connectivity index (χ0) is 33.7. The molecule has 48 heavy (non-hydrogen) atoms. The molecule has 0 aliphatic rings. The van der Waals surface area contributed by atoms with Gasteiger partial charge in [0.15, 0.2) is 0 Å². The highest BCUT2D eigenvalue weighted by Gasteiger charge is 2.30. The van der Waals surface area contributed by atoms with Crippen LogP contribution in [0, 0.1) is 0 Å². The first kappa shape index (κ1) is 33.7. The number of carbonyl (C=O) groups excluding carboxylic acids is 3. The van der Waals surface area contributed by atoms with Crippen molar-refractivity contribution in [3.8, 4) is 11.1 Å². The summed E-state index contributed by atoms with van der Waals surface area (Å²) in [5.41, 5.74) is 5.58. The Labute approximate surface area is 281 Å². The number of nitrogens with zero attached hydrogens (tertiary/aromatic N) is 3. The Morgan fingerprint density at radius 1 is 0.812 bits per heavy atom. The highest BCUT2D eigenvalue weighted by Crippen LogP contribution is 2.21. The van der Waals surface area contributed by atoms with Crippen molar-refractivity contribution in [3.05, 3.63) is 150 Å². The molecule has 2 atom stereocenters. The Bertz CT molecular complexity index is 1730. The van der Waals surface area contributed by atoms with E-state index in [-0.39, 0.29) is 37.9 Å². The third kappa shape index (κ3) is 9.65. The van der Waals surface area contributed by atoms with Crippen LogP contribution in [0.1, 0.15) is 35.2 Å². The van der Waals surface area contributed by atoms with Gasteiger partial charge in [-0.15, -0.1) is 0 Å². The Kier molecular flexibility index (Phi) is 11.7. The molecule has 5 rings (SSSR count). The largest absolute Gasteiger partial charge is 0.445 e. The summed E-state index contributed by atoms with van der Waals surface area (Å²) in [4.78, 5) is 51.2. The number of carbonyl (C=O) groups is 3. The minimum atomic E-state index is -1.02. The van der Waals surface area contributed by atoms with Gasteiger partial charge in [0.25, 0.3) is 0 Å². The van der Waals surface area contributed by atoms with Gasteiger partial charge in [-0.2, -0.15) is 0 Å². The van der Waals surface area contributed by atoms with Crippen LogP contribution in [0.2, 0.25) is 0 Å². The number of aromatic nitrogens is 2. The maximum atomic E-state index is 14.3. The van der Waals surface area contributed by atoms with Crippen LogP contribution in [-0.2, 0) is 33.9 Å². The molecule has 0 radical (unpaired) electrons. The average Bonchev–Trinajstić information content (AvgIpc) is 3.64. The minimum Gasteiger partial charge on any atom is -0.445 e. The fourth-order valence-electron chi connectivity index (χ4n) is 5.49. The van der Waals surface area contributed by atoms with Crippen LogP contribution in [0.3, 0.4) is 0 Å². The van der Waals surface area contributed by atoms with E-state index >= 15 is 0 Å². The monoisotopic (exact) mass is 643 g/mol. The summed E-state index contributed by atoms with van der Waals surface area (Å²) in [6.45, 7) is 2.61. The van der Waals surface area contributed by atoms with Crippen molar-refractivity contribution in [1.82, 2.24) is 25.1 Å². The van der Waals surface area contributed by atoms with Crippen molar-refractivity contribution < 1.29 is 19.1 Å². The zero-order valence-electron chi connectivity index (χ0n) is 27.3. The van der Waals surface area contributed by atoms with Gasteiger partial charge in [0.1, 0.15) is 19.2 Å². The molecule has 0 saturated heterocycles. The maximum absolute atomic E-state index is 14.3. The normalized spacial score (nSPS) is 12.0. The van der Waals surface area contributed by atoms with Gasteiger partial charge in [0.05, 0.1) is 6.33 Å². The van der Waals surface area contributed by atoms with Crippen LogP contribution in [0.4, 0.5) is 4.79 Å². The van der Waals surface area contributed by atoms with Crippen molar-refractivity contribution in [2.24, 2.45) is 0 Å². The number of benzene rings is 4. The number of hydrogen-bond acceptors (Lipinski definition) is 5. The van der Waals surface area contributed by atoms with Gasteiger partial charge in [-0.25, -0.2) is 9.78 Å². The van der Waals surface area contributed by atoms with E-state index in [9.17, 15) is 14.4 Å². The van der Waals surface area contributed by atoms with Crippen molar-refractivity contribution in [1.29, 1.82) is 0 Å². The topological polar surface area (TPSA) is 108 Å². The van der Waals surface area contributed by atoms with E-state index in [0.717, 1.165) is 27.8 Å². The second-order valence-electron chi connectivity index (χ2n) is 11.9. The Morgan fingerprint density at radius 2 is 1.44 bits per heavy atom. The lowest BCUT2D eigenvalue weighted by Gasteiger charge is -2.30. The molecule has 0 spiro atoms. The SMILES string of the molecule is CC(CN(C)C(=O)CN(Cc1ccc(-c2ccccc2)cc1)C(=O)C(Cc1cnc[nH]1)NC(=O)OCc1ccccc1)c1ccccc1. The molecule has 4 aromatic carbocycles. The number of likely N-dealkylation sites (N-methyl/N-ethyl adjacent to an activating group) is 1. The van der Waals surface area contributed by atoms with Crippen molar-refractivity contribution in [2.45, 2.75) is 38.5 Å². The van der Waals surface area contributed by atoms with Gasteiger partial charge in [0.2, 0.25) is 11.8 Å². The number of imidazole rings is 1. The lowest BCUT2D eigenvalue weighted by molar-refractivity contribution is -0.141. The molecule has 0 aliphatic carbocycles. The molecule has 2 N–H and O–H groups in total. The van der Waals surface area contributed by atoms with Crippen molar-refractivity contribution in [3.63, 3.8) is 0 Å². The average molecular weight is 644 g/mol. The first-order chi connectivity index (χ1) is 23.4. The third-order valence-electron chi connectivity index (χ3n) is 8.20. The molecule has 0 aliphatic heterocycles. The van der Waals surface area contributed by atoms with Gasteiger partial charge in [-0.05, 0) is 33.7 Å². The third-order valence-corrected chi connectivity index (χ3v) is 8.20. The number of hydrogen-bond donors (Lipinski definition) is 2. The second-order valence-corrected chi connectivity index (χ2v) is 11.9. The van der Waals surface area contributed by atoms with E-state index in [4.69, 9.17) is 4.74 Å². The Balaban J connectivity index is 1.35. The molecule has 9 heteroatoms. The van der Waals surface area contributed by atoms with Gasteiger partial charge < -0.3 is 24.8 Å². The number of H-pyrrole nitrogens is 1. The molecule has 0 saturated carbocycles. The smallest absolute Gasteiger partial charge is 0.408 e. The quantitative estimate of drug-likeness (QED) is 0.150. The summed E-state index contributed by atoms with van der Waals surface area (Å²) in [6.07, 6.45) is 2.53. The van der Waals surface area contributed by atoms with Gasteiger partial charge >= 0.3 is 6.09 Å². The highest BCUT2D eigenvalue weighted by molar-refractivity contribution is 5.89. The van der Waals surface area contributed by atoms with Crippen LogP contribution in [-0.4, -0.2) is 63.9 Å². The van der Waals surface area contributed by atoms with Gasteiger partial charge in [-0.1, -0.05) is 122 Å². The Morgan fingerprint density at radius 3 is 2.08 bits per heavy atom. The molecule has 1 aromatic heterocycles. The molecular weight excluding hydrogens is 602 g/mol. The zero-order valence-corrected chi connectivity index (χ0v) is 27.3. The molecular formula is C39H41N5O4. The summed E-state index contributed by atoms with van der Waals surface area (Å²) in [7, 11) is 1.75. The number of nitrogens with one attached hydrogen (secondary N) is 2. The van der Waals surface area contributed by atoms with E-state index in [0.29, 0.717) is 12.2 Å². The van der Waals surface area contributed by atoms with E-state index in [2.05, 4.69) is 22.2 Å². The predicted molar refractivity (Wildman–Crippen MR) is 186 cm³/mol. The van der Waals surface area contributed by atoms with E-state index in [1.54, 1.807) is 18.1 Å². The molecule has 5 aromatic rings. The second kappa shape index (κ2) is 16.7. The summed E-state index contributed by atoms with van der Waals surface area (Å²) < 4.78 is 5.46. The van der Waals surface area contributed by atoms with E-state index < -0.39 is 18.0 Å². The first-order valence-electron chi connectivity index (χ1n) is 16.0. The summed E-state index contributed by atoms with van der Waals surface area (Å²) in [5, 5.41) is 2.75. The molecule has 246 valence electrons. The first-order valence-corrected chi connectivity index (χ1v) is 16.0. The molecule has 0 fully saturated rings. The minimum absolute atomic E-state index is 0.0536. The fourth-order valence-corrected chi connectivity index (χ4v) is 5.49. The number of ether oxygens (including phenoxy) is 1. The summed E-state index contributed by atoms with van der Waals surface area (Å²) >= 11 is 0. The van der Waals surface area contributed by atoms with Crippen LogP contribution in [0.25, 0.3) is 11.1 Å². The molecule has 2 unspecified atom stereocenters. The standard InChI is InChI=1S/C39H41N5O4/c1-29(32-14-8-4-9-15-32)24-43(2)37(45)26-44(25-30-18-20-34(21-19-30)33-16-10-5-11-17-33)38(46)36(22-35-23-40-28-41-35)42-39(47)48-27-31-12-6-3-7-13-31/h3-21,23,28-29,36H,22,24-27H2,1-2H3,(H,40,41)(H,42,47). The highest BCUT2D eigenvalue weighted by atomic mass is 16.5. The van der Waals surface area contributed by atoms with Crippen LogP contribution >= 0.6 is 0 Å². The summed E-state index contributed by atoms with van der Waals surface area (Å²) in [5.74, 6) is -0.519. The van der Waals surface area contributed by atoms with Crippen molar-refractivity contribution >= 4 is 17.9 Å². The molecule has 9 nitrogen and oxygen atoms in total. The fraction of sp³-hybridized carbons (Fsp3) is 0.231. The molecule has 0 bridgehead atoms. The number of aromatic amines is 1.